The molecule has 0 amide bonds. The maximum atomic E-state index is 5.57. The second-order valence-electron chi connectivity index (χ2n) is 4.13. The van der Waals surface area contributed by atoms with E-state index < -0.39 is 0 Å². The fourth-order valence-corrected chi connectivity index (χ4v) is 2.33. The molecule has 0 aliphatic carbocycles. The second-order valence-corrected chi connectivity index (χ2v) is 5.12. The molecule has 3 rings (SSSR count). The molecule has 1 aromatic carbocycles. The Kier molecular flexibility index (Phi) is 2.96. The highest BCUT2D eigenvalue weighted by molar-refractivity contribution is 7.18. The van der Waals surface area contributed by atoms with Crippen molar-refractivity contribution in [2.45, 2.75) is 6.54 Å². The summed E-state index contributed by atoms with van der Waals surface area (Å²) in [6, 6.07) is 7.80. The quantitative estimate of drug-likeness (QED) is 0.781. The lowest BCUT2D eigenvalue weighted by molar-refractivity contribution is 0.864. The molecular weight excluding hydrogens is 260 g/mol. The molecule has 0 bridgehead atoms. The number of hydrogen-bond acceptors (Lipinski definition) is 7. The monoisotopic (exact) mass is 272 g/mol. The van der Waals surface area contributed by atoms with Crippen molar-refractivity contribution in [3.8, 4) is 0 Å². The molecule has 6 nitrogen and oxygen atoms in total. The first-order chi connectivity index (χ1) is 9.22. The molecule has 0 spiro atoms. The highest BCUT2D eigenvalue weighted by Gasteiger charge is 2.09. The number of anilines is 2. The maximum Gasteiger partial charge on any atom is 0.210 e. The molecule has 0 unspecified atom stereocenters. The zero-order valence-electron chi connectivity index (χ0n) is 10.3. The Bertz CT molecular complexity index is 710. The van der Waals surface area contributed by atoms with Crippen molar-refractivity contribution in [3.63, 3.8) is 0 Å². The lowest BCUT2D eigenvalue weighted by Crippen LogP contribution is -2.17. The molecule has 0 saturated heterocycles. The van der Waals surface area contributed by atoms with Crippen LogP contribution in [0.25, 0.3) is 11.0 Å². The molecule has 7 heteroatoms. The minimum absolute atomic E-state index is 0.464. The predicted octanol–water partition coefficient (Wildman–Crippen LogP) is 1.70. The van der Waals surface area contributed by atoms with E-state index in [-0.39, 0.29) is 0 Å². The normalized spacial score (nSPS) is 10.8. The number of aromatic nitrogens is 4. The van der Waals surface area contributed by atoms with Crippen molar-refractivity contribution in [2.24, 2.45) is 0 Å². The molecule has 0 saturated carbocycles. The Morgan fingerprint density at radius 1 is 1.21 bits per heavy atom. The van der Waals surface area contributed by atoms with Crippen molar-refractivity contribution in [1.29, 1.82) is 0 Å². The Labute approximate surface area is 113 Å². The molecular formula is C12H12N6S. The molecule has 0 atom stereocenters. The van der Waals surface area contributed by atoms with Crippen LogP contribution in [0.15, 0.2) is 30.5 Å². The van der Waals surface area contributed by atoms with Crippen LogP contribution in [0, 0.1) is 0 Å². The molecule has 96 valence electrons. The average Bonchev–Trinajstić information content (AvgIpc) is 2.85. The summed E-state index contributed by atoms with van der Waals surface area (Å²) in [7, 11) is 1.93. The van der Waals surface area contributed by atoms with Gasteiger partial charge in [-0.05, 0) is 12.1 Å². The fourth-order valence-electron chi connectivity index (χ4n) is 1.76. The fraction of sp³-hybridized carbons (Fsp3) is 0.167. The number of nitrogens with two attached hydrogens (primary N) is 1. The summed E-state index contributed by atoms with van der Waals surface area (Å²) in [6.07, 6.45) is 1.78. The summed E-state index contributed by atoms with van der Waals surface area (Å²) >= 11 is 1.35. The van der Waals surface area contributed by atoms with Gasteiger partial charge in [-0.1, -0.05) is 23.5 Å². The number of rotatable bonds is 3. The van der Waals surface area contributed by atoms with Crippen molar-refractivity contribution in [3.05, 3.63) is 36.2 Å². The van der Waals surface area contributed by atoms with Gasteiger partial charge in [0.25, 0.3) is 0 Å². The minimum atomic E-state index is 0.464. The summed E-state index contributed by atoms with van der Waals surface area (Å²) in [5.41, 5.74) is 8.25. The number of benzene rings is 1. The number of para-hydroxylation sites is 2. The highest BCUT2D eigenvalue weighted by Crippen LogP contribution is 2.21. The average molecular weight is 272 g/mol. The van der Waals surface area contributed by atoms with E-state index in [1.54, 1.807) is 6.20 Å². The summed E-state index contributed by atoms with van der Waals surface area (Å²) in [5.74, 6) is 0. The lowest BCUT2D eigenvalue weighted by Gasteiger charge is -2.14. The second kappa shape index (κ2) is 4.77. The first-order valence-corrected chi connectivity index (χ1v) is 6.55. The topological polar surface area (TPSA) is 80.8 Å². The third-order valence-corrected chi connectivity index (χ3v) is 3.52. The van der Waals surface area contributed by atoms with Crippen molar-refractivity contribution < 1.29 is 0 Å². The Balaban J connectivity index is 1.84. The van der Waals surface area contributed by atoms with E-state index in [0.717, 1.165) is 21.9 Å². The molecule has 0 aliphatic rings. The summed E-state index contributed by atoms with van der Waals surface area (Å²) in [5, 5.41) is 9.03. The summed E-state index contributed by atoms with van der Waals surface area (Å²) < 4.78 is 0. The van der Waals surface area contributed by atoms with Gasteiger partial charge in [0.2, 0.25) is 10.3 Å². The van der Waals surface area contributed by atoms with Crippen LogP contribution in [0.5, 0.6) is 0 Å². The molecule has 2 heterocycles. The largest absolute Gasteiger partial charge is 0.374 e. The van der Waals surface area contributed by atoms with Crippen LogP contribution in [0.3, 0.4) is 0 Å². The van der Waals surface area contributed by atoms with Gasteiger partial charge in [-0.15, -0.1) is 10.2 Å². The van der Waals surface area contributed by atoms with E-state index in [1.807, 2.05) is 36.2 Å². The van der Waals surface area contributed by atoms with Gasteiger partial charge in [0.05, 0.1) is 29.5 Å². The van der Waals surface area contributed by atoms with Crippen LogP contribution >= 0.6 is 11.3 Å². The molecule has 0 aliphatic heterocycles. The maximum absolute atomic E-state index is 5.57. The first-order valence-electron chi connectivity index (χ1n) is 5.73. The third-order valence-electron chi connectivity index (χ3n) is 2.65. The van der Waals surface area contributed by atoms with E-state index >= 15 is 0 Å². The van der Waals surface area contributed by atoms with Gasteiger partial charge in [0, 0.05) is 7.05 Å². The standard InChI is InChI=1S/C12H12N6S/c1-18(12-17-16-11(13)19-12)7-8-6-14-9-4-2-3-5-10(9)15-8/h2-6H,7H2,1H3,(H2,13,16). The van der Waals surface area contributed by atoms with Gasteiger partial charge in [-0.2, -0.15) is 0 Å². The molecule has 2 aromatic heterocycles. The first kappa shape index (κ1) is 11.8. The van der Waals surface area contributed by atoms with Gasteiger partial charge in [0.15, 0.2) is 0 Å². The van der Waals surface area contributed by atoms with Gasteiger partial charge in [0.1, 0.15) is 0 Å². The smallest absolute Gasteiger partial charge is 0.210 e. The van der Waals surface area contributed by atoms with Crippen molar-refractivity contribution in [2.75, 3.05) is 17.7 Å². The minimum Gasteiger partial charge on any atom is -0.374 e. The van der Waals surface area contributed by atoms with E-state index in [1.165, 1.54) is 11.3 Å². The van der Waals surface area contributed by atoms with Crippen molar-refractivity contribution in [1.82, 2.24) is 20.2 Å². The van der Waals surface area contributed by atoms with E-state index in [0.29, 0.717) is 11.7 Å². The number of nitrogen functional groups attached to an aromatic ring is 1. The van der Waals surface area contributed by atoms with E-state index in [2.05, 4.69) is 20.2 Å². The molecule has 0 radical (unpaired) electrons. The van der Waals surface area contributed by atoms with Crippen LogP contribution < -0.4 is 10.6 Å². The highest BCUT2D eigenvalue weighted by atomic mass is 32.1. The van der Waals surface area contributed by atoms with Crippen LogP contribution in [0.4, 0.5) is 10.3 Å². The van der Waals surface area contributed by atoms with Crippen LogP contribution in [-0.4, -0.2) is 27.2 Å². The summed E-state index contributed by atoms with van der Waals surface area (Å²) in [6.45, 7) is 0.618. The van der Waals surface area contributed by atoms with Crippen molar-refractivity contribution >= 4 is 32.6 Å². The van der Waals surface area contributed by atoms with Gasteiger partial charge < -0.3 is 10.6 Å². The molecule has 3 aromatic rings. The van der Waals surface area contributed by atoms with Gasteiger partial charge in [-0.3, -0.25) is 4.98 Å². The van der Waals surface area contributed by atoms with Crippen LogP contribution in [-0.2, 0) is 6.54 Å². The van der Waals surface area contributed by atoms with Gasteiger partial charge >= 0.3 is 0 Å². The van der Waals surface area contributed by atoms with E-state index in [9.17, 15) is 0 Å². The molecule has 0 fully saturated rings. The summed E-state index contributed by atoms with van der Waals surface area (Å²) in [4.78, 5) is 10.9. The van der Waals surface area contributed by atoms with Crippen LogP contribution in [0.1, 0.15) is 5.69 Å². The predicted molar refractivity (Wildman–Crippen MR) is 76.0 cm³/mol. The SMILES string of the molecule is CN(Cc1cnc2ccccc2n1)c1nnc(N)s1. The third kappa shape index (κ3) is 2.45. The Hall–Kier alpha value is -2.28. The molecule has 19 heavy (non-hydrogen) atoms. The zero-order chi connectivity index (χ0) is 13.2. The number of nitrogens with zero attached hydrogens (tertiary/aromatic N) is 5. The van der Waals surface area contributed by atoms with Crippen LogP contribution in [0.2, 0.25) is 0 Å². The Morgan fingerprint density at radius 3 is 2.74 bits per heavy atom. The number of hydrogen-bond donors (Lipinski definition) is 1. The van der Waals surface area contributed by atoms with Gasteiger partial charge in [-0.25, -0.2) is 4.98 Å². The Morgan fingerprint density at radius 2 is 2.00 bits per heavy atom. The molecule has 2 N–H and O–H groups in total. The number of fused-ring (bicyclic) bond motifs is 1. The zero-order valence-corrected chi connectivity index (χ0v) is 11.1. The lowest BCUT2D eigenvalue weighted by atomic mass is 10.3. The van der Waals surface area contributed by atoms with E-state index in [4.69, 9.17) is 5.73 Å².